The summed E-state index contributed by atoms with van der Waals surface area (Å²) in [6.07, 6.45) is 0.305. The zero-order valence-corrected chi connectivity index (χ0v) is 21.3. The Morgan fingerprint density at radius 3 is 2.59 bits per heavy atom. The van der Waals surface area contributed by atoms with Crippen molar-refractivity contribution in [3.05, 3.63) is 98.0 Å². The molecule has 2 aromatic heterocycles. The molecule has 0 saturated heterocycles. The average molecular weight is 521 g/mol. The van der Waals surface area contributed by atoms with Crippen molar-refractivity contribution in [1.29, 1.82) is 0 Å². The molecule has 4 aromatic rings. The molecule has 0 saturated carbocycles. The third-order valence-electron chi connectivity index (χ3n) is 6.36. The molecule has 1 aliphatic rings. The quantitative estimate of drug-likeness (QED) is 0.371. The Morgan fingerprint density at radius 2 is 1.92 bits per heavy atom. The number of nitrogens with one attached hydrogen (secondary N) is 1. The Balaban J connectivity index is 1.67. The van der Waals surface area contributed by atoms with Gasteiger partial charge in [0, 0.05) is 41.9 Å². The van der Waals surface area contributed by atoms with E-state index in [4.69, 9.17) is 4.98 Å². The smallest absolute Gasteiger partial charge is 0.256 e. The van der Waals surface area contributed by atoms with Gasteiger partial charge in [0.1, 0.15) is 11.6 Å². The lowest BCUT2D eigenvalue weighted by atomic mass is 9.89. The van der Waals surface area contributed by atoms with E-state index in [-0.39, 0.29) is 23.7 Å². The Bertz CT molecular complexity index is 1460. The van der Waals surface area contributed by atoms with Crippen molar-refractivity contribution in [2.45, 2.75) is 19.4 Å². The average Bonchev–Trinajstić information content (AvgIpc) is 3.41. The van der Waals surface area contributed by atoms with Crippen LogP contribution in [0.2, 0.25) is 0 Å². The minimum absolute atomic E-state index is 0.0245. The number of carbonyl (C=O) groups is 1. The number of aromatic nitrogens is 2. The van der Waals surface area contributed by atoms with Crippen molar-refractivity contribution in [1.82, 2.24) is 15.0 Å². The summed E-state index contributed by atoms with van der Waals surface area (Å²) in [7, 11) is 3.51. The number of halogens is 2. The maximum atomic E-state index is 14.8. The zero-order chi connectivity index (χ0) is 26.3. The summed E-state index contributed by atoms with van der Waals surface area (Å²) in [4.78, 5) is 23.7. The second kappa shape index (κ2) is 9.97. The Hall–Kier alpha value is -3.73. The van der Waals surface area contributed by atoms with Crippen LogP contribution in [0.25, 0.3) is 11.3 Å². The fourth-order valence-corrected chi connectivity index (χ4v) is 5.11. The van der Waals surface area contributed by atoms with Crippen LogP contribution in [0.15, 0.2) is 53.2 Å². The van der Waals surface area contributed by atoms with Crippen LogP contribution in [0, 0.1) is 23.8 Å². The highest BCUT2D eigenvalue weighted by molar-refractivity contribution is 7.08. The second-order valence-electron chi connectivity index (χ2n) is 9.05. The Kier molecular flexibility index (Phi) is 6.72. The molecule has 0 radical (unpaired) electrons. The number of hydrogen-bond acceptors (Lipinski definition) is 7. The molecule has 1 atom stereocenters. The first-order valence-electron chi connectivity index (χ1n) is 11.6. The van der Waals surface area contributed by atoms with Crippen LogP contribution < -0.4 is 10.2 Å². The van der Waals surface area contributed by atoms with Crippen LogP contribution in [-0.2, 0) is 6.42 Å². The molecule has 1 N–H and O–H groups in total. The first kappa shape index (κ1) is 24.9. The van der Waals surface area contributed by atoms with E-state index in [1.54, 1.807) is 36.5 Å². The van der Waals surface area contributed by atoms with Gasteiger partial charge in [0.15, 0.2) is 0 Å². The normalized spacial score (nSPS) is 15.4. The highest BCUT2D eigenvalue weighted by Gasteiger charge is 2.33. The van der Waals surface area contributed by atoms with E-state index in [0.29, 0.717) is 39.9 Å². The highest BCUT2D eigenvalue weighted by atomic mass is 32.1. The van der Waals surface area contributed by atoms with E-state index in [2.05, 4.69) is 10.3 Å². The molecule has 5 rings (SSSR count). The summed E-state index contributed by atoms with van der Waals surface area (Å²) in [5.74, 6) is -1.54. The molecular weight excluding hydrogens is 496 g/mol. The number of hydroxylamine groups is 2. The van der Waals surface area contributed by atoms with Crippen molar-refractivity contribution < 1.29 is 13.6 Å². The lowest BCUT2D eigenvalue weighted by Gasteiger charge is -2.42. The molecule has 1 amide bonds. The second-order valence-corrected chi connectivity index (χ2v) is 9.83. The van der Waals surface area contributed by atoms with Crippen LogP contribution in [-0.4, -0.2) is 41.6 Å². The molecule has 0 aliphatic carbocycles. The van der Waals surface area contributed by atoms with Crippen molar-refractivity contribution in [2.75, 3.05) is 30.9 Å². The van der Waals surface area contributed by atoms with Gasteiger partial charge in [0.05, 0.1) is 23.0 Å². The molecule has 1 aliphatic heterocycles. The molecule has 3 heterocycles. The zero-order valence-electron chi connectivity index (χ0n) is 20.5. The molecule has 2 aromatic carbocycles. The van der Waals surface area contributed by atoms with Crippen LogP contribution in [0.1, 0.15) is 38.8 Å². The summed E-state index contributed by atoms with van der Waals surface area (Å²) in [5, 5.41) is 20.2. The number of amides is 1. The van der Waals surface area contributed by atoms with Crippen molar-refractivity contribution >= 4 is 28.9 Å². The fraction of sp³-hybridized carbons (Fsp3) is 0.222. The predicted molar refractivity (Wildman–Crippen MR) is 141 cm³/mol. The van der Waals surface area contributed by atoms with Crippen LogP contribution >= 0.6 is 11.3 Å². The lowest BCUT2D eigenvalue weighted by molar-refractivity contribution is 0.102. The molecule has 190 valence electrons. The number of carbonyl (C=O) groups excluding carboxylic acids is 1. The largest absolute Gasteiger partial charge is 0.784 e. The lowest BCUT2D eigenvalue weighted by Crippen LogP contribution is -2.35. The van der Waals surface area contributed by atoms with E-state index in [1.807, 2.05) is 24.4 Å². The first-order chi connectivity index (χ1) is 17.7. The van der Waals surface area contributed by atoms with E-state index >= 15 is 0 Å². The van der Waals surface area contributed by atoms with Crippen molar-refractivity contribution in [3.63, 3.8) is 0 Å². The monoisotopic (exact) mass is 520 g/mol. The molecule has 7 nitrogen and oxygen atoms in total. The number of anilines is 2. The molecular formula is C27H24F2N5O2S-. The van der Waals surface area contributed by atoms with Crippen LogP contribution in [0.5, 0.6) is 0 Å². The molecule has 0 bridgehead atoms. The van der Waals surface area contributed by atoms with Gasteiger partial charge in [-0.2, -0.15) is 11.3 Å². The summed E-state index contributed by atoms with van der Waals surface area (Å²) in [6, 6.07) is 9.54. The standard InChI is InChI=1S/C27H24F2N5O2S/c1-15-7-8-17(30-26(35)16-10-12-37-14-16)13-19(15)23-18-9-11-34(36)25(22-20(28)5-4-6-21(22)29)24(18)32-27(31-23)33(2)3/h4-8,10,12-14,25H,9,11H2,1-3H3,(H,30,35)/q-1. The van der Waals surface area contributed by atoms with Crippen LogP contribution in [0.3, 0.4) is 0 Å². The van der Waals surface area contributed by atoms with Gasteiger partial charge in [-0.05, 0) is 61.2 Å². The van der Waals surface area contributed by atoms with E-state index < -0.39 is 17.7 Å². The molecule has 0 fully saturated rings. The topological polar surface area (TPSA) is 84.4 Å². The number of nitrogens with zero attached hydrogens (tertiary/aromatic N) is 4. The number of benzene rings is 2. The van der Waals surface area contributed by atoms with Gasteiger partial charge >= 0.3 is 0 Å². The molecule has 1 unspecified atom stereocenters. The van der Waals surface area contributed by atoms with E-state index in [1.165, 1.54) is 17.4 Å². The number of aryl methyl sites for hydroxylation is 1. The van der Waals surface area contributed by atoms with E-state index in [9.17, 15) is 18.8 Å². The minimum atomic E-state index is -1.26. The summed E-state index contributed by atoms with van der Waals surface area (Å²) in [6.45, 7) is 1.94. The van der Waals surface area contributed by atoms with E-state index in [0.717, 1.165) is 23.3 Å². The summed E-state index contributed by atoms with van der Waals surface area (Å²) < 4.78 is 29.7. The van der Waals surface area contributed by atoms with Gasteiger partial charge in [-0.15, -0.1) is 0 Å². The van der Waals surface area contributed by atoms with Gasteiger partial charge in [-0.25, -0.2) is 18.7 Å². The van der Waals surface area contributed by atoms with Gasteiger partial charge in [-0.1, -0.05) is 12.1 Å². The van der Waals surface area contributed by atoms with Gasteiger partial charge in [0.2, 0.25) is 5.95 Å². The Labute approximate surface area is 217 Å². The minimum Gasteiger partial charge on any atom is -0.784 e. The third kappa shape index (κ3) is 4.71. The molecule has 37 heavy (non-hydrogen) atoms. The molecule has 0 spiro atoms. The number of hydrogen-bond donors (Lipinski definition) is 1. The first-order valence-corrected chi connectivity index (χ1v) is 12.6. The highest BCUT2D eigenvalue weighted by Crippen LogP contribution is 2.41. The van der Waals surface area contributed by atoms with Crippen molar-refractivity contribution in [3.8, 4) is 11.3 Å². The maximum absolute atomic E-state index is 14.8. The number of fused-ring (bicyclic) bond motifs is 1. The van der Waals surface area contributed by atoms with Crippen molar-refractivity contribution in [2.24, 2.45) is 0 Å². The van der Waals surface area contributed by atoms with Gasteiger partial charge in [0.25, 0.3) is 5.91 Å². The summed E-state index contributed by atoms with van der Waals surface area (Å²) >= 11 is 1.44. The van der Waals surface area contributed by atoms with Gasteiger partial charge < -0.3 is 20.5 Å². The SMILES string of the molecule is Cc1ccc(NC(=O)c2ccsc2)cc1-c1nc(N(C)C)nc2c1CCN([O-])C2c1c(F)cccc1F. The maximum Gasteiger partial charge on any atom is 0.256 e. The fourth-order valence-electron chi connectivity index (χ4n) is 4.48. The Morgan fingerprint density at radius 1 is 1.16 bits per heavy atom. The summed E-state index contributed by atoms with van der Waals surface area (Å²) in [5.41, 5.74) is 3.91. The van der Waals surface area contributed by atoms with Gasteiger partial charge in [-0.3, -0.25) is 4.79 Å². The predicted octanol–water partition coefficient (Wildman–Crippen LogP) is 5.56. The van der Waals surface area contributed by atoms with Crippen LogP contribution in [0.4, 0.5) is 20.4 Å². The third-order valence-corrected chi connectivity index (χ3v) is 7.05. The number of thiophene rings is 1. The number of rotatable bonds is 5. The molecule has 10 heteroatoms.